The van der Waals surface area contributed by atoms with E-state index in [0.29, 0.717) is 6.04 Å². The van der Waals surface area contributed by atoms with Gasteiger partial charge in [0.1, 0.15) is 0 Å². The van der Waals surface area contributed by atoms with Crippen molar-refractivity contribution >= 4 is 10.9 Å². The summed E-state index contributed by atoms with van der Waals surface area (Å²) in [5.74, 6) is 2.64. The third-order valence-corrected chi connectivity index (χ3v) is 9.40. The predicted octanol–water partition coefficient (Wildman–Crippen LogP) is 3.84. The first-order valence-corrected chi connectivity index (χ1v) is 12.1. The fourth-order valence-electron chi connectivity index (χ4n) is 7.83. The van der Waals surface area contributed by atoms with E-state index in [1.807, 2.05) is 0 Å². The highest BCUT2D eigenvalue weighted by Gasteiger charge is 2.71. The molecule has 3 aliphatic carbocycles. The van der Waals surface area contributed by atoms with Crippen LogP contribution in [0.5, 0.6) is 11.5 Å². The van der Waals surface area contributed by atoms with E-state index in [4.69, 9.17) is 15.2 Å². The van der Waals surface area contributed by atoms with Crippen molar-refractivity contribution < 1.29 is 9.47 Å². The number of hydrogen-bond donors (Lipinski definition) is 2. The first-order valence-electron chi connectivity index (χ1n) is 12.1. The SMILES string of the molecule is COc1ccc2c3c1O[C@H]1c4[nH]c5ccccc5c4C[C@@]4(N)[C@@H](C2)N(CC2CC2)CC[C@@]314. The molecule has 1 saturated heterocycles. The van der Waals surface area contributed by atoms with Gasteiger partial charge in [0.2, 0.25) is 0 Å². The number of benzene rings is 2. The third-order valence-electron chi connectivity index (χ3n) is 9.40. The van der Waals surface area contributed by atoms with Crippen LogP contribution in [0.2, 0.25) is 0 Å². The Balaban J connectivity index is 1.42. The minimum Gasteiger partial charge on any atom is -0.493 e. The Morgan fingerprint density at radius 3 is 2.94 bits per heavy atom. The maximum atomic E-state index is 7.71. The van der Waals surface area contributed by atoms with E-state index in [0.717, 1.165) is 43.2 Å². The lowest BCUT2D eigenvalue weighted by Crippen LogP contribution is -2.78. The van der Waals surface area contributed by atoms with Crippen LogP contribution >= 0.6 is 0 Å². The second kappa shape index (κ2) is 5.70. The van der Waals surface area contributed by atoms with E-state index in [2.05, 4.69) is 46.3 Å². The molecule has 1 saturated carbocycles. The molecular weight excluding hydrogens is 398 g/mol. The highest BCUT2D eigenvalue weighted by molar-refractivity contribution is 5.86. The van der Waals surface area contributed by atoms with Gasteiger partial charge in [-0.2, -0.15) is 0 Å². The van der Waals surface area contributed by atoms with Gasteiger partial charge in [-0.1, -0.05) is 24.3 Å². The van der Waals surface area contributed by atoms with Gasteiger partial charge in [-0.15, -0.1) is 0 Å². The lowest BCUT2D eigenvalue weighted by Gasteiger charge is -2.63. The van der Waals surface area contributed by atoms with Crippen LogP contribution in [0.25, 0.3) is 10.9 Å². The minimum absolute atomic E-state index is 0.0837. The number of aromatic nitrogens is 1. The van der Waals surface area contributed by atoms with Crippen LogP contribution in [-0.2, 0) is 18.3 Å². The van der Waals surface area contributed by atoms with Gasteiger partial charge in [-0.25, -0.2) is 0 Å². The molecule has 4 atom stereocenters. The maximum absolute atomic E-state index is 7.71. The molecule has 5 heteroatoms. The molecule has 164 valence electrons. The first kappa shape index (κ1) is 18.0. The number of ether oxygens (including phenoxy) is 2. The molecule has 1 aromatic heterocycles. The molecule has 5 aliphatic rings. The quantitative estimate of drug-likeness (QED) is 0.667. The summed E-state index contributed by atoms with van der Waals surface area (Å²) in [5.41, 5.74) is 13.7. The topological polar surface area (TPSA) is 63.5 Å². The summed E-state index contributed by atoms with van der Waals surface area (Å²) in [6.07, 6.45) is 5.61. The monoisotopic (exact) mass is 427 g/mol. The molecule has 2 bridgehead atoms. The van der Waals surface area contributed by atoms with Gasteiger partial charge in [0.15, 0.2) is 17.6 Å². The number of H-pyrrole nitrogens is 1. The molecule has 2 aliphatic heterocycles. The zero-order chi connectivity index (χ0) is 21.2. The molecule has 3 aromatic rings. The van der Waals surface area contributed by atoms with Crippen molar-refractivity contribution in [1.82, 2.24) is 9.88 Å². The number of likely N-dealkylation sites (tertiary alicyclic amines) is 1. The molecule has 32 heavy (non-hydrogen) atoms. The molecule has 2 fully saturated rings. The summed E-state index contributed by atoms with van der Waals surface area (Å²) < 4.78 is 12.7. The Morgan fingerprint density at radius 1 is 1.22 bits per heavy atom. The molecule has 0 amide bonds. The largest absolute Gasteiger partial charge is 0.493 e. The summed E-state index contributed by atoms with van der Waals surface area (Å²) in [6.45, 7) is 2.30. The van der Waals surface area contributed by atoms with Gasteiger partial charge in [-0.3, -0.25) is 4.90 Å². The summed E-state index contributed by atoms with van der Waals surface area (Å²) >= 11 is 0. The summed E-state index contributed by atoms with van der Waals surface area (Å²) in [7, 11) is 1.75. The van der Waals surface area contributed by atoms with Crippen LogP contribution in [0, 0.1) is 5.92 Å². The lowest BCUT2D eigenvalue weighted by molar-refractivity contribution is -0.0561. The number of methoxy groups -OCH3 is 1. The minimum atomic E-state index is -0.354. The van der Waals surface area contributed by atoms with Crippen molar-refractivity contribution in [3.63, 3.8) is 0 Å². The van der Waals surface area contributed by atoms with Gasteiger partial charge in [-0.05, 0) is 67.8 Å². The Morgan fingerprint density at radius 2 is 2.09 bits per heavy atom. The number of nitrogens with one attached hydrogen (secondary N) is 1. The van der Waals surface area contributed by atoms with E-state index >= 15 is 0 Å². The van der Waals surface area contributed by atoms with Crippen LogP contribution in [0.1, 0.15) is 47.8 Å². The van der Waals surface area contributed by atoms with Gasteiger partial charge in [0.05, 0.1) is 18.2 Å². The first-order chi connectivity index (χ1) is 15.6. The average molecular weight is 428 g/mol. The second-order valence-corrected chi connectivity index (χ2v) is 10.8. The Labute approximate surface area is 187 Å². The fraction of sp³-hybridized carbons (Fsp3) is 0.481. The standard InChI is InChI=1S/C27H29N3O2/c1-31-20-9-8-16-12-21-27(28)13-18-17-4-2-3-5-19(17)29-23(18)25-26(27,22(16)24(20)32-25)10-11-30(21)14-15-6-7-15/h2-5,8-9,15,21,25,29H,6-7,10-14,28H2,1H3/t21-,25+,26-,27-/m1/s1. The van der Waals surface area contributed by atoms with E-state index in [1.54, 1.807) is 7.11 Å². The number of rotatable bonds is 3. The smallest absolute Gasteiger partial charge is 0.166 e. The Kier molecular flexibility index (Phi) is 3.20. The summed E-state index contributed by atoms with van der Waals surface area (Å²) in [5, 5.41) is 1.30. The number of hydrogen-bond acceptors (Lipinski definition) is 4. The second-order valence-electron chi connectivity index (χ2n) is 10.8. The zero-order valence-corrected chi connectivity index (χ0v) is 18.5. The van der Waals surface area contributed by atoms with Crippen molar-refractivity contribution in [2.24, 2.45) is 11.7 Å². The van der Waals surface area contributed by atoms with Crippen LogP contribution in [-0.4, -0.2) is 41.7 Å². The predicted molar refractivity (Wildman–Crippen MR) is 123 cm³/mol. The highest BCUT2D eigenvalue weighted by atomic mass is 16.5. The maximum Gasteiger partial charge on any atom is 0.166 e. The van der Waals surface area contributed by atoms with Crippen molar-refractivity contribution in [3.8, 4) is 11.5 Å². The average Bonchev–Trinajstić information content (AvgIpc) is 3.44. The van der Waals surface area contributed by atoms with E-state index in [-0.39, 0.29) is 17.1 Å². The summed E-state index contributed by atoms with van der Waals surface area (Å²) in [6, 6.07) is 13.4. The van der Waals surface area contributed by atoms with Crippen molar-refractivity contribution in [2.75, 3.05) is 20.2 Å². The van der Waals surface area contributed by atoms with E-state index in [9.17, 15) is 0 Å². The van der Waals surface area contributed by atoms with Gasteiger partial charge >= 0.3 is 0 Å². The Hall–Kier alpha value is -2.50. The normalized spacial score (nSPS) is 34.2. The lowest BCUT2D eigenvalue weighted by atomic mass is 9.47. The number of aromatic amines is 1. The van der Waals surface area contributed by atoms with Gasteiger partial charge in [0.25, 0.3) is 0 Å². The Bertz CT molecular complexity index is 1290. The van der Waals surface area contributed by atoms with Crippen molar-refractivity contribution in [1.29, 1.82) is 0 Å². The van der Waals surface area contributed by atoms with Crippen molar-refractivity contribution in [3.05, 3.63) is 58.8 Å². The third kappa shape index (κ3) is 1.91. The van der Waals surface area contributed by atoms with Gasteiger partial charge in [0, 0.05) is 34.6 Å². The molecule has 3 N–H and O–H groups in total. The van der Waals surface area contributed by atoms with E-state index in [1.165, 1.54) is 52.7 Å². The molecule has 5 nitrogen and oxygen atoms in total. The molecule has 0 unspecified atom stereocenters. The number of nitrogens with zero attached hydrogens (tertiary/aromatic N) is 1. The summed E-state index contributed by atoms with van der Waals surface area (Å²) in [4.78, 5) is 6.50. The molecule has 0 radical (unpaired) electrons. The molecule has 1 spiro atoms. The van der Waals surface area contributed by atoms with Crippen LogP contribution < -0.4 is 15.2 Å². The molecule has 2 aromatic carbocycles. The zero-order valence-electron chi connectivity index (χ0n) is 18.5. The number of para-hydroxylation sites is 1. The molecule has 8 rings (SSSR count). The van der Waals surface area contributed by atoms with Crippen LogP contribution in [0.15, 0.2) is 36.4 Å². The van der Waals surface area contributed by atoms with Crippen LogP contribution in [0.4, 0.5) is 0 Å². The number of fused-ring (bicyclic) bond motifs is 4. The van der Waals surface area contributed by atoms with Crippen LogP contribution in [0.3, 0.4) is 0 Å². The molecular formula is C27H29N3O2. The molecule has 3 heterocycles. The van der Waals surface area contributed by atoms with Gasteiger partial charge < -0.3 is 20.2 Å². The van der Waals surface area contributed by atoms with E-state index < -0.39 is 0 Å². The fourth-order valence-corrected chi connectivity index (χ4v) is 7.83. The number of nitrogens with two attached hydrogens (primary N) is 1. The number of piperidine rings is 1. The highest BCUT2D eigenvalue weighted by Crippen LogP contribution is 2.68. The van der Waals surface area contributed by atoms with Crippen molar-refractivity contribution in [2.45, 2.75) is 55.2 Å².